The Balaban J connectivity index is 0.00000242. The largest absolute Gasteiger partial charge is 0.386 e. The predicted octanol–water partition coefficient (Wildman–Crippen LogP) is 1.56. The molecule has 8 heteroatoms. The minimum atomic E-state index is -1.23. The zero-order valence-electron chi connectivity index (χ0n) is 11.9. The van der Waals surface area contributed by atoms with Gasteiger partial charge in [0.1, 0.15) is 11.9 Å². The van der Waals surface area contributed by atoms with Crippen LogP contribution in [0.4, 0.5) is 4.39 Å². The minimum absolute atomic E-state index is 0. The second-order valence-corrected chi connectivity index (χ2v) is 5.54. The molecule has 5 nitrogen and oxygen atoms in total. The van der Waals surface area contributed by atoms with Crippen molar-refractivity contribution in [2.45, 2.75) is 24.5 Å². The summed E-state index contributed by atoms with van der Waals surface area (Å²) in [5.74, 6) is -0.991. The number of halogens is 3. The average Bonchev–Trinajstić information content (AvgIpc) is 2.45. The third kappa shape index (κ3) is 4.30. The smallest absolute Gasteiger partial charge is 0.240 e. The Hall–Kier alpha value is -0.920. The van der Waals surface area contributed by atoms with E-state index in [2.05, 4.69) is 5.32 Å². The number of aliphatic hydroxyl groups is 1. The molecule has 1 amide bonds. The summed E-state index contributed by atoms with van der Waals surface area (Å²) >= 11 is 5.86. The summed E-state index contributed by atoms with van der Waals surface area (Å²) in [6, 6.07) is 4.13. The van der Waals surface area contributed by atoms with Crippen molar-refractivity contribution in [2.75, 3.05) is 19.8 Å². The maximum atomic E-state index is 13.7. The molecule has 1 aromatic carbocycles. The quantitative estimate of drug-likeness (QED) is 0.767. The van der Waals surface area contributed by atoms with Gasteiger partial charge in [-0.1, -0.05) is 17.7 Å². The normalized spacial score (nSPS) is 18.2. The number of hydrogen-bond donors (Lipinski definition) is 3. The molecule has 124 valence electrons. The molecule has 1 aromatic rings. The molecule has 2 rings (SSSR count). The molecule has 0 radical (unpaired) electrons. The molecule has 0 saturated carbocycles. The first-order valence-electron chi connectivity index (χ1n) is 6.71. The highest BCUT2D eigenvalue weighted by atomic mass is 35.5. The van der Waals surface area contributed by atoms with Crippen LogP contribution in [0.25, 0.3) is 0 Å². The second kappa shape index (κ2) is 8.08. The van der Waals surface area contributed by atoms with Gasteiger partial charge in [-0.2, -0.15) is 0 Å². The van der Waals surface area contributed by atoms with Gasteiger partial charge in [0.2, 0.25) is 5.91 Å². The molecule has 4 N–H and O–H groups in total. The Bertz CT molecular complexity index is 505. The summed E-state index contributed by atoms with van der Waals surface area (Å²) in [6.07, 6.45) is -0.406. The number of rotatable bonds is 4. The van der Waals surface area contributed by atoms with E-state index in [1.807, 2.05) is 0 Å². The van der Waals surface area contributed by atoms with E-state index in [1.54, 1.807) is 0 Å². The number of ether oxygens (including phenoxy) is 1. The monoisotopic (exact) mass is 352 g/mol. The highest BCUT2D eigenvalue weighted by Gasteiger charge is 2.36. The van der Waals surface area contributed by atoms with Crippen molar-refractivity contribution >= 4 is 29.9 Å². The zero-order chi connectivity index (χ0) is 15.5. The number of nitrogens with two attached hydrogens (primary N) is 1. The van der Waals surface area contributed by atoms with Crippen molar-refractivity contribution in [1.29, 1.82) is 0 Å². The molecule has 0 bridgehead atoms. The molecule has 1 saturated heterocycles. The van der Waals surface area contributed by atoms with E-state index < -0.39 is 17.5 Å². The van der Waals surface area contributed by atoms with E-state index >= 15 is 0 Å². The standard InChI is InChI=1S/C14H18ClFN2O3.ClH/c15-9-2-1-3-10(16)12(9)11(19)8-18-13(20)14(17)4-6-21-7-5-14;/h1-3,11,19H,4-8,17H2,(H,18,20);1H. The first kappa shape index (κ1) is 19.1. The topological polar surface area (TPSA) is 84.6 Å². The number of carbonyl (C=O) groups excluding carboxylic acids is 1. The van der Waals surface area contributed by atoms with Gasteiger partial charge in [-0.05, 0) is 25.0 Å². The number of carbonyl (C=O) groups is 1. The molecule has 0 spiro atoms. The van der Waals surface area contributed by atoms with Crippen molar-refractivity contribution in [2.24, 2.45) is 5.73 Å². The van der Waals surface area contributed by atoms with Crippen LogP contribution in [0.3, 0.4) is 0 Å². The van der Waals surface area contributed by atoms with Crippen molar-refractivity contribution in [3.05, 3.63) is 34.6 Å². The molecule has 1 atom stereocenters. The summed E-state index contributed by atoms with van der Waals surface area (Å²) in [5.41, 5.74) is 4.98. The third-order valence-electron chi connectivity index (χ3n) is 3.63. The van der Waals surface area contributed by atoms with Crippen LogP contribution in [0.1, 0.15) is 24.5 Å². The van der Waals surface area contributed by atoms with Crippen LogP contribution < -0.4 is 11.1 Å². The first-order chi connectivity index (χ1) is 9.94. The van der Waals surface area contributed by atoms with Gasteiger partial charge in [-0.15, -0.1) is 12.4 Å². The van der Waals surface area contributed by atoms with Gasteiger partial charge in [-0.3, -0.25) is 4.79 Å². The summed E-state index contributed by atoms with van der Waals surface area (Å²) < 4.78 is 18.8. The van der Waals surface area contributed by atoms with Crippen molar-refractivity contribution in [3.8, 4) is 0 Å². The van der Waals surface area contributed by atoms with Crippen LogP contribution in [0, 0.1) is 5.82 Å². The zero-order valence-corrected chi connectivity index (χ0v) is 13.4. The SMILES string of the molecule is Cl.NC1(C(=O)NCC(O)c2c(F)cccc2Cl)CCOCC1. The van der Waals surface area contributed by atoms with Crippen LogP contribution >= 0.6 is 24.0 Å². The lowest BCUT2D eigenvalue weighted by Crippen LogP contribution is -2.57. The van der Waals surface area contributed by atoms with E-state index in [9.17, 15) is 14.3 Å². The minimum Gasteiger partial charge on any atom is -0.386 e. The molecule has 1 unspecified atom stereocenters. The van der Waals surface area contributed by atoms with Crippen molar-refractivity contribution in [1.82, 2.24) is 5.32 Å². The predicted molar refractivity (Wildman–Crippen MR) is 83.6 cm³/mol. The van der Waals surface area contributed by atoms with E-state index in [0.29, 0.717) is 26.1 Å². The van der Waals surface area contributed by atoms with Gasteiger partial charge in [-0.25, -0.2) is 4.39 Å². The third-order valence-corrected chi connectivity index (χ3v) is 3.96. The number of benzene rings is 1. The maximum absolute atomic E-state index is 13.7. The lowest BCUT2D eigenvalue weighted by Gasteiger charge is -2.32. The summed E-state index contributed by atoms with van der Waals surface area (Å²) in [4.78, 5) is 12.1. The lowest BCUT2D eigenvalue weighted by molar-refractivity contribution is -0.130. The molecule has 1 fully saturated rings. The van der Waals surface area contributed by atoms with Gasteiger partial charge < -0.3 is 20.9 Å². The highest BCUT2D eigenvalue weighted by molar-refractivity contribution is 6.31. The van der Waals surface area contributed by atoms with Gasteiger partial charge in [0.05, 0.1) is 5.54 Å². The fraction of sp³-hybridized carbons (Fsp3) is 0.500. The molecule has 0 aliphatic carbocycles. The molecule has 1 aliphatic heterocycles. The molecule has 1 heterocycles. The molecular formula is C14H19Cl2FN2O3. The Morgan fingerprint density at radius 3 is 2.73 bits per heavy atom. The van der Waals surface area contributed by atoms with Crippen LogP contribution in [-0.4, -0.2) is 36.3 Å². The number of amides is 1. The summed E-state index contributed by atoms with van der Waals surface area (Å²) in [7, 11) is 0. The lowest BCUT2D eigenvalue weighted by atomic mass is 9.90. The van der Waals surface area contributed by atoms with Crippen LogP contribution in [0.5, 0.6) is 0 Å². The van der Waals surface area contributed by atoms with E-state index in [1.165, 1.54) is 18.2 Å². The first-order valence-corrected chi connectivity index (χ1v) is 7.09. The van der Waals surface area contributed by atoms with Gasteiger partial charge in [0.25, 0.3) is 0 Å². The summed E-state index contributed by atoms with van der Waals surface area (Å²) in [5, 5.41) is 12.7. The van der Waals surface area contributed by atoms with Crippen molar-refractivity contribution in [3.63, 3.8) is 0 Å². The average molecular weight is 353 g/mol. The van der Waals surface area contributed by atoms with Gasteiger partial charge in [0, 0.05) is 30.3 Å². The number of nitrogens with one attached hydrogen (secondary N) is 1. The van der Waals surface area contributed by atoms with Crippen LogP contribution in [0.2, 0.25) is 5.02 Å². The molecular weight excluding hydrogens is 334 g/mol. The Labute approximate surface area is 139 Å². The maximum Gasteiger partial charge on any atom is 0.240 e. The van der Waals surface area contributed by atoms with Crippen molar-refractivity contribution < 1.29 is 19.0 Å². The Morgan fingerprint density at radius 1 is 1.50 bits per heavy atom. The fourth-order valence-corrected chi connectivity index (χ4v) is 2.55. The van der Waals surface area contributed by atoms with Gasteiger partial charge in [0.15, 0.2) is 0 Å². The van der Waals surface area contributed by atoms with E-state index in [4.69, 9.17) is 22.1 Å². The van der Waals surface area contributed by atoms with E-state index in [-0.39, 0.29) is 35.4 Å². The Kier molecular flexibility index (Phi) is 7.02. The Morgan fingerprint density at radius 2 is 2.14 bits per heavy atom. The highest BCUT2D eigenvalue weighted by Crippen LogP contribution is 2.25. The van der Waals surface area contributed by atoms with Crippen LogP contribution in [-0.2, 0) is 9.53 Å². The number of aliphatic hydroxyl groups excluding tert-OH is 1. The van der Waals surface area contributed by atoms with E-state index in [0.717, 1.165) is 0 Å². The second-order valence-electron chi connectivity index (χ2n) is 5.13. The van der Waals surface area contributed by atoms with Crippen LogP contribution in [0.15, 0.2) is 18.2 Å². The number of hydrogen-bond acceptors (Lipinski definition) is 4. The summed E-state index contributed by atoms with van der Waals surface area (Å²) in [6.45, 7) is 0.691. The van der Waals surface area contributed by atoms with Gasteiger partial charge >= 0.3 is 0 Å². The molecule has 22 heavy (non-hydrogen) atoms. The molecule has 0 aromatic heterocycles. The fourth-order valence-electron chi connectivity index (χ4n) is 2.26. The molecule has 1 aliphatic rings.